The Bertz CT molecular complexity index is 241. The van der Waals surface area contributed by atoms with Crippen molar-refractivity contribution in [1.82, 2.24) is 0 Å². The van der Waals surface area contributed by atoms with Crippen molar-refractivity contribution in [2.45, 2.75) is 41.0 Å². The molecule has 0 aromatic heterocycles. The molecule has 1 rings (SSSR count). The van der Waals surface area contributed by atoms with Gasteiger partial charge in [-0.3, -0.25) is 0 Å². The van der Waals surface area contributed by atoms with Gasteiger partial charge in [0.2, 0.25) is 0 Å². The van der Waals surface area contributed by atoms with E-state index in [-0.39, 0.29) is 0 Å². The molecule has 0 amide bonds. The lowest BCUT2D eigenvalue weighted by Gasteiger charge is -2.04. The summed E-state index contributed by atoms with van der Waals surface area (Å²) in [5.41, 5.74) is 3.73. The Morgan fingerprint density at radius 3 is 1.77 bits per heavy atom. The minimum atomic E-state index is 0.905. The quantitative estimate of drug-likeness (QED) is 0.622. The number of rotatable bonds is 1. The zero-order valence-electron chi connectivity index (χ0n) is 9.24. The molecule has 1 aromatic rings. The maximum absolute atomic E-state index is 6.01. The second kappa shape index (κ2) is 6.04. The van der Waals surface area contributed by atoms with Crippen molar-refractivity contribution in [3.05, 3.63) is 33.8 Å². The molecule has 0 N–H and O–H groups in total. The normalized spacial score (nSPS) is 9.08. The Morgan fingerprint density at radius 1 is 1.08 bits per heavy atom. The number of benzene rings is 1. The molecule has 74 valence electrons. The Balaban J connectivity index is 0.000000671. The molecule has 1 heteroatoms. The monoisotopic (exact) mass is 198 g/mol. The van der Waals surface area contributed by atoms with Crippen molar-refractivity contribution in [1.29, 1.82) is 0 Å². The molecule has 0 nitrogen and oxygen atoms in total. The van der Waals surface area contributed by atoms with E-state index in [1.54, 1.807) is 0 Å². The Hall–Kier alpha value is -0.490. The highest BCUT2D eigenvalue weighted by Gasteiger charge is 2.00. The van der Waals surface area contributed by atoms with Crippen molar-refractivity contribution >= 4 is 11.6 Å². The summed E-state index contributed by atoms with van der Waals surface area (Å²) in [4.78, 5) is 0. The minimum Gasteiger partial charge on any atom is -0.0838 e. The SMILES string of the molecule is CC.CCc1cc(C)c(Cl)c(C)c1. The molecular formula is C12H19Cl. The third-order valence-electron chi connectivity index (χ3n) is 1.90. The molecule has 0 spiro atoms. The van der Waals surface area contributed by atoms with Gasteiger partial charge in [-0.1, -0.05) is 44.5 Å². The van der Waals surface area contributed by atoms with Crippen LogP contribution in [0.25, 0.3) is 0 Å². The fraction of sp³-hybridized carbons (Fsp3) is 0.500. The van der Waals surface area contributed by atoms with Crippen molar-refractivity contribution < 1.29 is 0 Å². The summed E-state index contributed by atoms with van der Waals surface area (Å²) in [5.74, 6) is 0. The highest BCUT2D eigenvalue weighted by molar-refractivity contribution is 6.32. The van der Waals surface area contributed by atoms with E-state index in [1.165, 1.54) is 16.7 Å². The van der Waals surface area contributed by atoms with Gasteiger partial charge < -0.3 is 0 Å². The van der Waals surface area contributed by atoms with Gasteiger partial charge in [0.05, 0.1) is 0 Å². The second-order valence-corrected chi connectivity index (χ2v) is 3.28. The molecule has 0 heterocycles. The molecule has 0 bridgehead atoms. The maximum atomic E-state index is 6.01. The average Bonchev–Trinajstić information content (AvgIpc) is 2.16. The van der Waals surface area contributed by atoms with Crippen molar-refractivity contribution in [2.75, 3.05) is 0 Å². The third-order valence-corrected chi connectivity index (χ3v) is 2.50. The van der Waals surface area contributed by atoms with E-state index in [1.807, 2.05) is 13.8 Å². The van der Waals surface area contributed by atoms with E-state index in [0.717, 1.165) is 11.4 Å². The Labute approximate surface area is 86.9 Å². The first-order valence-electron chi connectivity index (χ1n) is 4.90. The van der Waals surface area contributed by atoms with Crippen LogP contribution in [0.15, 0.2) is 12.1 Å². The lowest BCUT2D eigenvalue weighted by Crippen LogP contribution is -1.86. The van der Waals surface area contributed by atoms with Crippen LogP contribution < -0.4 is 0 Å². The van der Waals surface area contributed by atoms with E-state index >= 15 is 0 Å². The van der Waals surface area contributed by atoms with Crippen LogP contribution in [-0.4, -0.2) is 0 Å². The molecule has 0 radical (unpaired) electrons. The predicted molar refractivity (Wildman–Crippen MR) is 61.7 cm³/mol. The van der Waals surface area contributed by atoms with Crippen LogP contribution in [-0.2, 0) is 6.42 Å². The lowest BCUT2D eigenvalue weighted by atomic mass is 10.1. The highest BCUT2D eigenvalue weighted by atomic mass is 35.5. The van der Waals surface area contributed by atoms with Crippen LogP contribution >= 0.6 is 11.6 Å². The van der Waals surface area contributed by atoms with Gasteiger partial charge in [0.1, 0.15) is 0 Å². The second-order valence-electron chi connectivity index (χ2n) is 2.90. The summed E-state index contributed by atoms with van der Waals surface area (Å²) in [6.45, 7) is 10.3. The lowest BCUT2D eigenvalue weighted by molar-refractivity contribution is 1.12. The van der Waals surface area contributed by atoms with Crippen molar-refractivity contribution in [2.24, 2.45) is 0 Å². The van der Waals surface area contributed by atoms with Gasteiger partial charge in [-0.05, 0) is 37.0 Å². The Morgan fingerprint density at radius 2 is 1.46 bits per heavy atom. The van der Waals surface area contributed by atoms with Crippen molar-refractivity contribution in [3.8, 4) is 0 Å². The molecule has 1 aromatic carbocycles. The minimum absolute atomic E-state index is 0.905. The van der Waals surface area contributed by atoms with Crippen molar-refractivity contribution in [3.63, 3.8) is 0 Å². The molecule has 0 aliphatic heterocycles. The summed E-state index contributed by atoms with van der Waals surface area (Å²) in [6.07, 6.45) is 1.08. The zero-order valence-corrected chi connectivity index (χ0v) is 10.00. The molecule has 0 atom stereocenters. The standard InChI is InChI=1S/C10H13Cl.C2H6/c1-4-9-5-7(2)10(11)8(3)6-9;1-2/h5-6H,4H2,1-3H3;1-2H3. The number of hydrogen-bond acceptors (Lipinski definition) is 0. The molecular weight excluding hydrogens is 180 g/mol. The van der Waals surface area contributed by atoms with Gasteiger partial charge in [0.25, 0.3) is 0 Å². The zero-order chi connectivity index (χ0) is 10.4. The van der Waals surface area contributed by atoms with Gasteiger partial charge in [-0.2, -0.15) is 0 Å². The van der Waals surface area contributed by atoms with E-state index in [0.29, 0.717) is 0 Å². The van der Waals surface area contributed by atoms with E-state index in [9.17, 15) is 0 Å². The number of halogens is 1. The molecule has 0 fully saturated rings. The fourth-order valence-electron chi connectivity index (χ4n) is 1.24. The first kappa shape index (κ1) is 12.5. The van der Waals surface area contributed by atoms with Gasteiger partial charge in [-0.25, -0.2) is 0 Å². The van der Waals surface area contributed by atoms with Crippen LogP contribution in [0.4, 0.5) is 0 Å². The fourth-order valence-corrected chi connectivity index (χ4v) is 1.35. The highest BCUT2D eigenvalue weighted by Crippen LogP contribution is 2.21. The molecule has 0 saturated carbocycles. The van der Waals surface area contributed by atoms with E-state index in [2.05, 4.69) is 32.9 Å². The first-order valence-corrected chi connectivity index (χ1v) is 5.28. The van der Waals surface area contributed by atoms with Gasteiger partial charge in [0, 0.05) is 5.02 Å². The van der Waals surface area contributed by atoms with Gasteiger partial charge >= 0.3 is 0 Å². The first-order chi connectivity index (χ1) is 6.15. The van der Waals surface area contributed by atoms with E-state index < -0.39 is 0 Å². The Kier molecular flexibility index (Phi) is 5.81. The van der Waals surface area contributed by atoms with Gasteiger partial charge in [-0.15, -0.1) is 0 Å². The molecule has 0 aliphatic carbocycles. The maximum Gasteiger partial charge on any atom is 0.0464 e. The van der Waals surface area contributed by atoms with E-state index in [4.69, 9.17) is 11.6 Å². The molecule has 0 aliphatic rings. The molecule has 0 saturated heterocycles. The van der Waals surface area contributed by atoms with Crippen LogP contribution in [0.3, 0.4) is 0 Å². The van der Waals surface area contributed by atoms with Crippen LogP contribution in [0.2, 0.25) is 5.02 Å². The molecule has 0 unspecified atom stereocenters. The third kappa shape index (κ3) is 3.40. The average molecular weight is 199 g/mol. The van der Waals surface area contributed by atoms with Crippen LogP contribution in [0.5, 0.6) is 0 Å². The number of hydrogen-bond donors (Lipinski definition) is 0. The van der Waals surface area contributed by atoms with Crippen LogP contribution in [0.1, 0.15) is 37.5 Å². The van der Waals surface area contributed by atoms with Crippen LogP contribution in [0, 0.1) is 13.8 Å². The largest absolute Gasteiger partial charge is 0.0838 e. The summed E-state index contributed by atoms with van der Waals surface area (Å²) >= 11 is 6.01. The summed E-state index contributed by atoms with van der Waals surface area (Å²) in [5, 5.41) is 0.905. The smallest absolute Gasteiger partial charge is 0.0464 e. The van der Waals surface area contributed by atoms with Gasteiger partial charge in [0.15, 0.2) is 0 Å². The molecule has 13 heavy (non-hydrogen) atoms. The summed E-state index contributed by atoms with van der Waals surface area (Å²) in [7, 11) is 0. The topological polar surface area (TPSA) is 0 Å². The summed E-state index contributed by atoms with van der Waals surface area (Å²) in [6, 6.07) is 4.30. The predicted octanol–water partition coefficient (Wildman–Crippen LogP) is 4.55. The number of aryl methyl sites for hydroxylation is 3. The summed E-state index contributed by atoms with van der Waals surface area (Å²) < 4.78 is 0.